The third-order valence-corrected chi connectivity index (χ3v) is 6.11. The molecule has 2 fully saturated rings. The Balaban J connectivity index is 0.000000423. The highest BCUT2D eigenvalue weighted by Gasteiger charge is 2.41. The Labute approximate surface area is 182 Å². The number of carbonyl (C=O) groups excluding carboxylic acids is 1. The van der Waals surface area contributed by atoms with Crippen molar-refractivity contribution < 1.29 is 37.3 Å². The number of rotatable bonds is 7. The molecule has 3 atom stereocenters. The predicted molar refractivity (Wildman–Crippen MR) is 107 cm³/mol. The molecule has 0 unspecified atom stereocenters. The van der Waals surface area contributed by atoms with Crippen LogP contribution in [0.3, 0.4) is 0 Å². The van der Waals surface area contributed by atoms with E-state index in [1.165, 1.54) is 5.01 Å². The van der Waals surface area contributed by atoms with Crippen LogP contribution in [0, 0.1) is 18.8 Å². The van der Waals surface area contributed by atoms with E-state index in [0.717, 1.165) is 38.4 Å². The number of aryl methyl sites for hydroxylation is 1. The molecule has 2 aliphatic rings. The molecule has 0 bridgehead atoms. The first-order chi connectivity index (χ1) is 14.6. The molecule has 2 N–H and O–H groups in total. The molecule has 12 heteroatoms. The fourth-order valence-corrected chi connectivity index (χ4v) is 4.54. The van der Waals surface area contributed by atoms with Crippen molar-refractivity contribution in [1.82, 2.24) is 15.2 Å². The normalized spacial score (nSPS) is 23.6. The Morgan fingerprint density at radius 1 is 1.45 bits per heavy atom. The highest BCUT2D eigenvalue weighted by molar-refractivity contribution is 7.09. The molecule has 3 heterocycles. The number of amides is 1. The number of carboxylic acid groups (broad SMARTS) is 1. The van der Waals surface area contributed by atoms with Gasteiger partial charge in [-0.1, -0.05) is 0 Å². The van der Waals surface area contributed by atoms with Crippen LogP contribution >= 0.6 is 11.3 Å². The number of piperidine rings is 1. The summed E-state index contributed by atoms with van der Waals surface area (Å²) in [6.45, 7) is 6.97. The van der Waals surface area contributed by atoms with Crippen molar-refractivity contribution in [2.45, 2.75) is 38.6 Å². The molecule has 1 aromatic heterocycles. The average molecular weight is 468 g/mol. The second-order valence-corrected chi connectivity index (χ2v) is 8.49. The van der Waals surface area contributed by atoms with E-state index in [4.69, 9.17) is 19.4 Å². The van der Waals surface area contributed by atoms with Crippen LogP contribution in [-0.4, -0.2) is 79.1 Å². The van der Waals surface area contributed by atoms with Crippen LogP contribution in [0.5, 0.6) is 0 Å². The van der Waals surface area contributed by atoms with Crippen LogP contribution < -0.4 is 5.32 Å². The number of nitrogens with zero attached hydrogens (tertiary/aromatic N) is 2. The molecule has 0 aliphatic carbocycles. The van der Waals surface area contributed by atoms with Gasteiger partial charge in [0.1, 0.15) is 5.01 Å². The van der Waals surface area contributed by atoms with Gasteiger partial charge in [-0.15, -0.1) is 11.3 Å². The summed E-state index contributed by atoms with van der Waals surface area (Å²) in [5.41, 5.74) is 1.11. The number of ether oxygens (including phenoxy) is 2. The zero-order chi connectivity index (χ0) is 23.0. The topological polar surface area (TPSA) is 101 Å². The summed E-state index contributed by atoms with van der Waals surface area (Å²) >= 11 is 1.74. The van der Waals surface area contributed by atoms with Gasteiger partial charge in [0.15, 0.2) is 0 Å². The maximum Gasteiger partial charge on any atom is 0.490 e. The van der Waals surface area contributed by atoms with Gasteiger partial charge in [-0.3, -0.25) is 9.69 Å². The minimum Gasteiger partial charge on any atom is -0.475 e. The molecule has 1 amide bonds. The number of hydrogen-bond acceptors (Lipinski definition) is 7. The van der Waals surface area contributed by atoms with Crippen molar-refractivity contribution in [3.8, 4) is 0 Å². The molecule has 31 heavy (non-hydrogen) atoms. The lowest BCUT2D eigenvalue weighted by Crippen LogP contribution is -2.42. The summed E-state index contributed by atoms with van der Waals surface area (Å²) < 4.78 is 42.6. The van der Waals surface area contributed by atoms with E-state index in [2.05, 4.69) is 20.6 Å². The fourth-order valence-electron chi connectivity index (χ4n) is 3.73. The molecule has 2 saturated heterocycles. The van der Waals surface area contributed by atoms with Crippen LogP contribution in [0.2, 0.25) is 0 Å². The van der Waals surface area contributed by atoms with Crippen LogP contribution in [-0.2, 0) is 25.6 Å². The highest BCUT2D eigenvalue weighted by atomic mass is 32.1. The molecular formula is C19H28F3N3O5S. The van der Waals surface area contributed by atoms with Crippen LogP contribution in [0.1, 0.15) is 23.5 Å². The Morgan fingerprint density at radius 2 is 2.16 bits per heavy atom. The number of nitrogens with one attached hydrogen (secondary N) is 1. The molecule has 0 saturated carbocycles. The van der Waals surface area contributed by atoms with Crippen LogP contribution in [0.15, 0.2) is 5.38 Å². The van der Waals surface area contributed by atoms with E-state index in [-0.39, 0.29) is 12.0 Å². The number of carbonyl (C=O) groups is 2. The number of likely N-dealkylation sites (tertiary alicyclic amines) is 1. The first kappa shape index (κ1) is 25.5. The van der Waals surface area contributed by atoms with E-state index in [1.807, 2.05) is 6.92 Å². The number of aliphatic carboxylic acids is 1. The molecule has 3 rings (SSSR count). The summed E-state index contributed by atoms with van der Waals surface area (Å²) in [5, 5.41) is 13.3. The Morgan fingerprint density at radius 3 is 2.74 bits per heavy atom. The molecular weight excluding hydrogens is 439 g/mol. The third kappa shape index (κ3) is 8.36. The van der Waals surface area contributed by atoms with E-state index >= 15 is 0 Å². The summed E-state index contributed by atoms with van der Waals surface area (Å²) in [4.78, 5) is 27.9. The second-order valence-electron chi connectivity index (χ2n) is 7.55. The number of halogens is 3. The van der Waals surface area contributed by atoms with E-state index in [9.17, 15) is 18.0 Å². The minimum atomic E-state index is -5.08. The number of methoxy groups -OCH3 is 1. The number of aromatic nitrogens is 1. The van der Waals surface area contributed by atoms with E-state index in [1.54, 1.807) is 18.4 Å². The maximum atomic E-state index is 12.0. The van der Waals surface area contributed by atoms with Crippen molar-refractivity contribution in [3.05, 3.63) is 16.1 Å². The maximum absolute atomic E-state index is 12.0. The first-order valence-electron chi connectivity index (χ1n) is 9.90. The zero-order valence-electron chi connectivity index (χ0n) is 17.5. The molecule has 0 spiro atoms. The fraction of sp³-hybridized carbons (Fsp3) is 0.737. The van der Waals surface area contributed by atoms with Crippen molar-refractivity contribution in [2.75, 3.05) is 40.0 Å². The van der Waals surface area contributed by atoms with Crippen LogP contribution in [0.25, 0.3) is 0 Å². The number of alkyl halides is 3. The second kappa shape index (κ2) is 11.7. The first-order valence-corrected chi connectivity index (χ1v) is 10.8. The number of thiazole rings is 1. The smallest absolute Gasteiger partial charge is 0.475 e. The molecule has 176 valence electrons. The highest BCUT2D eigenvalue weighted by Crippen LogP contribution is 2.36. The lowest BCUT2D eigenvalue weighted by atomic mass is 9.83. The summed E-state index contributed by atoms with van der Waals surface area (Å²) in [6, 6.07) is 0. The SMILES string of the molecule is COCCNC(=O)C[C@@H]1OC[C@H]2CN(Cc3nc(C)cs3)CC[C@H]21.O=C(O)C(F)(F)F. The standard InChI is InChI=1S/C17H27N3O3S.C2HF3O2/c1-12-11-24-17(19-12)9-20-5-3-14-13(8-20)10-23-15(14)7-16(21)18-4-6-22-2;3-2(4,5)1(6)7/h11,13-15H,3-10H2,1-2H3,(H,18,21);(H,6,7)/t13-,14-,15+;/m1./s1. The van der Waals surface area contributed by atoms with Gasteiger partial charge in [0.05, 0.1) is 32.3 Å². The van der Waals surface area contributed by atoms with Gasteiger partial charge in [0.25, 0.3) is 0 Å². The lowest BCUT2D eigenvalue weighted by Gasteiger charge is -2.35. The van der Waals surface area contributed by atoms with Gasteiger partial charge in [-0.25, -0.2) is 9.78 Å². The molecule has 1 aromatic rings. The van der Waals surface area contributed by atoms with E-state index in [0.29, 0.717) is 31.4 Å². The van der Waals surface area contributed by atoms with Gasteiger partial charge in [-0.05, 0) is 25.8 Å². The molecule has 0 aromatic carbocycles. The van der Waals surface area contributed by atoms with E-state index < -0.39 is 12.1 Å². The van der Waals surface area contributed by atoms with Crippen LogP contribution in [0.4, 0.5) is 13.2 Å². The van der Waals surface area contributed by atoms with Crippen molar-refractivity contribution >= 4 is 23.2 Å². The van der Waals surface area contributed by atoms with Crippen molar-refractivity contribution in [3.63, 3.8) is 0 Å². The Bertz CT molecular complexity index is 731. The van der Waals surface area contributed by atoms with Crippen molar-refractivity contribution in [1.29, 1.82) is 0 Å². The zero-order valence-corrected chi connectivity index (χ0v) is 18.3. The monoisotopic (exact) mass is 467 g/mol. The summed E-state index contributed by atoms with van der Waals surface area (Å²) in [5.74, 6) is -1.64. The number of carboxylic acids is 1. The molecule has 2 aliphatic heterocycles. The van der Waals surface area contributed by atoms with Crippen molar-refractivity contribution in [2.24, 2.45) is 11.8 Å². The summed E-state index contributed by atoms with van der Waals surface area (Å²) in [6.07, 6.45) is -3.44. The quantitative estimate of drug-likeness (QED) is 0.592. The van der Waals surface area contributed by atoms with Gasteiger partial charge in [0.2, 0.25) is 5.91 Å². The average Bonchev–Trinajstić information content (AvgIpc) is 3.27. The Kier molecular flexibility index (Phi) is 9.66. The molecule has 0 radical (unpaired) electrons. The number of hydrogen-bond donors (Lipinski definition) is 2. The lowest BCUT2D eigenvalue weighted by molar-refractivity contribution is -0.192. The van der Waals surface area contributed by atoms with Gasteiger partial charge in [-0.2, -0.15) is 13.2 Å². The Hall–Kier alpha value is -1.76. The molecule has 8 nitrogen and oxygen atoms in total. The summed E-state index contributed by atoms with van der Waals surface area (Å²) in [7, 11) is 1.64. The number of fused-ring (bicyclic) bond motifs is 1. The van der Waals surface area contributed by atoms with Gasteiger partial charge in [0, 0.05) is 37.2 Å². The van der Waals surface area contributed by atoms with Gasteiger partial charge < -0.3 is 19.9 Å². The predicted octanol–water partition coefficient (Wildman–Crippen LogP) is 2.07. The third-order valence-electron chi connectivity index (χ3n) is 5.16. The minimum absolute atomic E-state index is 0.0680. The largest absolute Gasteiger partial charge is 0.490 e. The van der Waals surface area contributed by atoms with Gasteiger partial charge >= 0.3 is 12.1 Å².